The zero-order chi connectivity index (χ0) is 14.7. The van der Waals surface area contributed by atoms with Crippen LogP contribution in [0.25, 0.3) is 0 Å². The Labute approximate surface area is 142 Å². The maximum Gasteiger partial charge on any atom is 0.0595 e. The summed E-state index contributed by atoms with van der Waals surface area (Å²) in [5, 5.41) is 10.7. The SMILES string of the molecule is NC(c1ccccc1I)C(CO)c1ccc(Cl)c(Cl)c1. The number of nitrogens with two attached hydrogens (primary N) is 1. The molecule has 2 rings (SSSR count). The average molecular weight is 422 g/mol. The first-order valence-electron chi connectivity index (χ1n) is 6.10. The molecule has 2 unspecified atom stereocenters. The molecule has 0 radical (unpaired) electrons. The summed E-state index contributed by atoms with van der Waals surface area (Å²) in [7, 11) is 0. The molecule has 0 aliphatic heterocycles. The van der Waals surface area contributed by atoms with Crippen molar-refractivity contribution in [3.63, 3.8) is 0 Å². The van der Waals surface area contributed by atoms with Crippen LogP contribution in [-0.4, -0.2) is 11.7 Å². The van der Waals surface area contributed by atoms with Gasteiger partial charge in [0.25, 0.3) is 0 Å². The van der Waals surface area contributed by atoms with Gasteiger partial charge in [0.2, 0.25) is 0 Å². The molecule has 3 N–H and O–H groups in total. The molecule has 0 amide bonds. The van der Waals surface area contributed by atoms with Gasteiger partial charge in [-0.3, -0.25) is 0 Å². The Morgan fingerprint density at radius 3 is 2.40 bits per heavy atom. The van der Waals surface area contributed by atoms with Crippen molar-refractivity contribution >= 4 is 45.8 Å². The van der Waals surface area contributed by atoms with E-state index in [-0.39, 0.29) is 18.6 Å². The smallest absolute Gasteiger partial charge is 0.0595 e. The van der Waals surface area contributed by atoms with Crippen molar-refractivity contribution in [3.8, 4) is 0 Å². The zero-order valence-corrected chi connectivity index (χ0v) is 14.2. The van der Waals surface area contributed by atoms with Crippen LogP contribution in [0.1, 0.15) is 23.1 Å². The second-order valence-electron chi connectivity index (χ2n) is 4.51. The van der Waals surface area contributed by atoms with Gasteiger partial charge in [0.15, 0.2) is 0 Å². The van der Waals surface area contributed by atoms with Crippen molar-refractivity contribution < 1.29 is 5.11 Å². The van der Waals surface area contributed by atoms with Gasteiger partial charge in [-0.15, -0.1) is 0 Å². The standard InChI is InChI=1S/C15H14Cl2INO/c16-12-6-5-9(7-13(12)17)11(8-20)15(19)10-3-1-2-4-14(10)18/h1-7,11,15,20H,8,19H2. The molecule has 2 aromatic rings. The quantitative estimate of drug-likeness (QED) is 0.720. The summed E-state index contributed by atoms with van der Waals surface area (Å²) in [4.78, 5) is 0. The van der Waals surface area contributed by atoms with Crippen LogP contribution in [0.4, 0.5) is 0 Å². The summed E-state index contributed by atoms with van der Waals surface area (Å²) in [6.07, 6.45) is 0. The van der Waals surface area contributed by atoms with Crippen molar-refractivity contribution in [1.29, 1.82) is 0 Å². The minimum atomic E-state index is -0.301. The van der Waals surface area contributed by atoms with Gasteiger partial charge in [0.05, 0.1) is 16.7 Å². The van der Waals surface area contributed by atoms with Crippen molar-refractivity contribution in [1.82, 2.24) is 0 Å². The molecular weight excluding hydrogens is 408 g/mol. The summed E-state index contributed by atoms with van der Waals surface area (Å²) in [6.45, 7) is -0.0515. The van der Waals surface area contributed by atoms with Gasteiger partial charge < -0.3 is 10.8 Å². The fourth-order valence-corrected chi connectivity index (χ4v) is 3.19. The van der Waals surface area contributed by atoms with Crippen LogP contribution in [0.2, 0.25) is 10.0 Å². The fraction of sp³-hybridized carbons (Fsp3) is 0.200. The van der Waals surface area contributed by atoms with Gasteiger partial charge in [-0.1, -0.05) is 47.5 Å². The van der Waals surface area contributed by atoms with Gasteiger partial charge in [-0.05, 0) is 51.9 Å². The van der Waals surface area contributed by atoms with Crippen molar-refractivity contribution in [3.05, 3.63) is 67.2 Å². The molecule has 0 fully saturated rings. The van der Waals surface area contributed by atoms with Gasteiger partial charge in [-0.25, -0.2) is 0 Å². The predicted molar refractivity (Wildman–Crippen MR) is 92.4 cm³/mol. The van der Waals surface area contributed by atoms with E-state index in [1.807, 2.05) is 30.3 Å². The second-order valence-corrected chi connectivity index (χ2v) is 6.49. The zero-order valence-electron chi connectivity index (χ0n) is 10.6. The van der Waals surface area contributed by atoms with Gasteiger partial charge in [0.1, 0.15) is 0 Å². The molecule has 0 heterocycles. The fourth-order valence-electron chi connectivity index (χ4n) is 2.13. The average Bonchev–Trinajstić information content (AvgIpc) is 2.44. The third-order valence-electron chi connectivity index (χ3n) is 3.27. The topological polar surface area (TPSA) is 46.2 Å². The Morgan fingerprint density at radius 1 is 1.10 bits per heavy atom. The highest BCUT2D eigenvalue weighted by Crippen LogP contribution is 2.34. The number of hydrogen-bond acceptors (Lipinski definition) is 2. The highest BCUT2D eigenvalue weighted by molar-refractivity contribution is 14.1. The molecule has 0 spiro atoms. The first-order chi connectivity index (χ1) is 9.54. The monoisotopic (exact) mass is 421 g/mol. The normalized spacial score (nSPS) is 14.1. The third-order valence-corrected chi connectivity index (χ3v) is 4.99. The maximum absolute atomic E-state index is 9.70. The van der Waals surface area contributed by atoms with Crippen LogP contribution in [-0.2, 0) is 0 Å². The van der Waals surface area contributed by atoms with E-state index in [1.165, 1.54) is 0 Å². The minimum absolute atomic E-state index is 0.0515. The Morgan fingerprint density at radius 2 is 1.80 bits per heavy atom. The largest absolute Gasteiger partial charge is 0.396 e. The Hall–Kier alpha value is -0.330. The summed E-state index contributed by atoms with van der Waals surface area (Å²) < 4.78 is 1.08. The van der Waals surface area contributed by atoms with Crippen LogP contribution in [0.5, 0.6) is 0 Å². The number of benzene rings is 2. The van der Waals surface area contributed by atoms with E-state index >= 15 is 0 Å². The highest BCUT2D eigenvalue weighted by atomic mass is 127. The second kappa shape index (κ2) is 7.09. The van der Waals surface area contributed by atoms with Gasteiger partial charge >= 0.3 is 0 Å². The summed E-state index contributed by atoms with van der Waals surface area (Å²) in [5.41, 5.74) is 8.23. The molecule has 5 heteroatoms. The molecular formula is C15H14Cl2INO. The van der Waals surface area contributed by atoms with Crippen molar-refractivity contribution in [2.45, 2.75) is 12.0 Å². The Balaban J connectivity index is 2.36. The van der Waals surface area contributed by atoms with E-state index in [9.17, 15) is 5.11 Å². The molecule has 0 saturated carbocycles. The summed E-state index contributed by atoms with van der Waals surface area (Å²) in [5.74, 6) is -0.222. The van der Waals surface area contributed by atoms with Crippen LogP contribution in [0.15, 0.2) is 42.5 Å². The molecule has 0 bridgehead atoms. The van der Waals surface area contributed by atoms with E-state index in [4.69, 9.17) is 28.9 Å². The van der Waals surface area contributed by atoms with Crippen LogP contribution < -0.4 is 5.73 Å². The number of rotatable bonds is 4. The lowest BCUT2D eigenvalue weighted by Crippen LogP contribution is -2.23. The minimum Gasteiger partial charge on any atom is -0.396 e. The van der Waals surface area contributed by atoms with Crippen molar-refractivity contribution in [2.24, 2.45) is 5.73 Å². The molecule has 2 aromatic carbocycles. The number of aliphatic hydroxyl groups excluding tert-OH is 1. The Kier molecular flexibility index (Phi) is 5.69. The van der Waals surface area contributed by atoms with E-state index in [0.29, 0.717) is 10.0 Å². The predicted octanol–water partition coefficient (Wildman–Crippen LogP) is 4.37. The summed E-state index contributed by atoms with van der Waals surface area (Å²) >= 11 is 14.2. The third kappa shape index (κ3) is 3.46. The van der Waals surface area contributed by atoms with E-state index in [2.05, 4.69) is 22.6 Å². The molecule has 2 nitrogen and oxygen atoms in total. The summed E-state index contributed by atoms with van der Waals surface area (Å²) in [6, 6.07) is 12.9. The molecule has 0 aliphatic rings. The van der Waals surface area contributed by atoms with Crippen LogP contribution >= 0.6 is 45.8 Å². The molecule has 2 atom stereocenters. The molecule has 0 saturated heterocycles. The van der Waals surface area contributed by atoms with E-state index < -0.39 is 0 Å². The lowest BCUT2D eigenvalue weighted by molar-refractivity contribution is 0.248. The molecule has 20 heavy (non-hydrogen) atoms. The van der Waals surface area contributed by atoms with Crippen LogP contribution in [0.3, 0.4) is 0 Å². The van der Waals surface area contributed by atoms with Gasteiger partial charge in [0, 0.05) is 15.5 Å². The number of hydrogen-bond donors (Lipinski definition) is 2. The molecule has 0 aliphatic carbocycles. The van der Waals surface area contributed by atoms with Crippen molar-refractivity contribution in [2.75, 3.05) is 6.61 Å². The first-order valence-corrected chi connectivity index (χ1v) is 7.94. The maximum atomic E-state index is 9.70. The van der Waals surface area contributed by atoms with Crippen LogP contribution in [0, 0.1) is 3.57 Å². The first kappa shape index (κ1) is 16.0. The molecule has 0 aromatic heterocycles. The highest BCUT2D eigenvalue weighted by Gasteiger charge is 2.22. The molecule has 106 valence electrons. The van der Waals surface area contributed by atoms with E-state index in [1.54, 1.807) is 12.1 Å². The van der Waals surface area contributed by atoms with Gasteiger partial charge in [-0.2, -0.15) is 0 Å². The number of halogens is 3. The lowest BCUT2D eigenvalue weighted by Gasteiger charge is -2.24. The lowest BCUT2D eigenvalue weighted by atomic mass is 9.88. The Bertz CT molecular complexity index is 606. The van der Waals surface area contributed by atoms with E-state index in [0.717, 1.165) is 14.7 Å². The number of aliphatic hydroxyl groups is 1.